The van der Waals surface area contributed by atoms with Crippen LogP contribution in [-0.4, -0.2) is 53.6 Å². The Balaban J connectivity index is 1.50. The first-order chi connectivity index (χ1) is 11.8. The summed E-state index contributed by atoms with van der Waals surface area (Å²) in [6, 6.07) is 12.1. The summed E-state index contributed by atoms with van der Waals surface area (Å²) in [5, 5.41) is 3.27. The molecule has 0 bridgehead atoms. The summed E-state index contributed by atoms with van der Waals surface area (Å²) < 4.78 is 5.27. The number of aryl methyl sites for hydroxylation is 1. The first kappa shape index (κ1) is 16.4. The van der Waals surface area contributed by atoms with Gasteiger partial charge in [-0.25, -0.2) is 9.97 Å². The number of rotatable bonds is 6. The normalized spacial score (nSPS) is 14.4. The summed E-state index contributed by atoms with van der Waals surface area (Å²) in [6.45, 7) is 3.20. The lowest BCUT2D eigenvalue weighted by atomic mass is 10.1. The van der Waals surface area contributed by atoms with Crippen LogP contribution in [-0.2, 0) is 11.2 Å². The molecule has 24 heavy (non-hydrogen) atoms. The fourth-order valence-electron chi connectivity index (χ4n) is 2.65. The Hall–Kier alpha value is -2.47. The van der Waals surface area contributed by atoms with Crippen molar-refractivity contribution in [3.63, 3.8) is 0 Å². The topological polar surface area (TPSA) is 67.4 Å². The van der Waals surface area contributed by atoms with Crippen LogP contribution in [0.5, 0.6) is 0 Å². The number of hydrogen-bond donors (Lipinski definition) is 1. The summed E-state index contributed by atoms with van der Waals surface area (Å²) in [5.41, 5.74) is 1.75. The molecule has 1 aromatic heterocycles. The Morgan fingerprint density at radius 2 is 1.96 bits per heavy atom. The monoisotopic (exact) mass is 326 g/mol. The summed E-state index contributed by atoms with van der Waals surface area (Å²) in [7, 11) is 0. The molecule has 3 rings (SSSR count). The van der Waals surface area contributed by atoms with E-state index in [1.807, 2.05) is 6.07 Å². The lowest BCUT2D eigenvalue weighted by Crippen LogP contribution is -2.41. The van der Waals surface area contributed by atoms with Crippen LogP contribution in [0.15, 0.2) is 42.7 Å². The molecule has 0 aliphatic carbocycles. The zero-order valence-corrected chi connectivity index (χ0v) is 13.6. The van der Waals surface area contributed by atoms with Crippen molar-refractivity contribution in [3.8, 4) is 0 Å². The van der Waals surface area contributed by atoms with Crippen molar-refractivity contribution < 1.29 is 9.53 Å². The second-order valence-corrected chi connectivity index (χ2v) is 5.71. The van der Waals surface area contributed by atoms with Gasteiger partial charge in [0.05, 0.1) is 13.2 Å². The predicted octanol–water partition coefficient (Wildman–Crippen LogP) is 1.99. The van der Waals surface area contributed by atoms with Crippen LogP contribution in [0.4, 0.5) is 5.82 Å². The highest BCUT2D eigenvalue weighted by Crippen LogP contribution is 2.09. The van der Waals surface area contributed by atoms with E-state index in [0.717, 1.165) is 19.4 Å². The SMILES string of the molecule is O=C(c1cc(NCCCc2ccccc2)ncn1)N1CCOCC1. The van der Waals surface area contributed by atoms with Crippen molar-refractivity contribution in [2.45, 2.75) is 12.8 Å². The number of benzene rings is 1. The average molecular weight is 326 g/mol. The Bertz CT molecular complexity index is 657. The van der Waals surface area contributed by atoms with E-state index in [1.165, 1.54) is 11.9 Å². The second kappa shape index (κ2) is 8.40. The first-order valence-electron chi connectivity index (χ1n) is 8.30. The summed E-state index contributed by atoms with van der Waals surface area (Å²) in [5.74, 6) is 0.628. The molecule has 2 aromatic rings. The van der Waals surface area contributed by atoms with Gasteiger partial charge < -0.3 is 15.0 Å². The largest absolute Gasteiger partial charge is 0.378 e. The number of ether oxygens (including phenoxy) is 1. The lowest BCUT2D eigenvalue weighted by molar-refractivity contribution is 0.0299. The van der Waals surface area contributed by atoms with Crippen molar-refractivity contribution in [2.24, 2.45) is 0 Å². The first-order valence-corrected chi connectivity index (χ1v) is 8.30. The van der Waals surface area contributed by atoms with Crippen molar-refractivity contribution in [3.05, 3.63) is 54.0 Å². The predicted molar refractivity (Wildman–Crippen MR) is 92.0 cm³/mol. The molecule has 126 valence electrons. The number of nitrogens with zero attached hydrogens (tertiary/aromatic N) is 3. The number of morpholine rings is 1. The van der Waals surface area contributed by atoms with Gasteiger partial charge in [-0.3, -0.25) is 4.79 Å². The Kier molecular flexibility index (Phi) is 5.74. The van der Waals surface area contributed by atoms with Crippen molar-refractivity contribution in [2.75, 3.05) is 38.2 Å². The molecular weight excluding hydrogens is 304 g/mol. The molecule has 0 spiro atoms. The fourth-order valence-corrected chi connectivity index (χ4v) is 2.65. The van der Waals surface area contributed by atoms with Crippen LogP contribution < -0.4 is 5.32 Å². The highest BCUT2D eigenvalue weighted by atomic mass is 16.5. The highest BCUT2D eigenvalue weighted by molar-refractivity contribution is 5.92. The molecule has 1 N–H and O–H groups in total. The number of carbonyl (C=O) groups excluding carboxylic acids is 1. The minimum absolute atomic E-state index is 0.0620. The minimum Gasteiger partial charge on any atom is -0.378 e. The van der Waals surface area contributed by atoms with Crippen LogP contribution >= 0.6 is 0 Å². The molecular formula is C18H22N4O2. The van der Waals surface area contributed by atoms with Gasteiger partial charge in [0.15, 0.2) is 0 Å². The molecule has 1 fully saturated rings. The van der Waals surface area contributed by atoms with E-state index in [9.17, 15) is 4.79 Å². The second-order valence-electron chi connectivity index (χ2n) is 5.71. The maximum Gasteiger partial charge on any atom is 0.272 e. The van der Waals surface area contributed by atoms with Crippen molar-refractivity contribution >= 4 is 11.7 Å². The van der Waals surface area contributed by atoms with Gasteiger partial charge in [-0.1, -0.05) is 30.3 Å². The Morgan fingerprint density at radius 1 is 1.17 bits per heavy atom. The van der Waals surface area contributed by atoms with E-state index in [4.69, 9.17) is 4.74 Å². The number of nitrogens with one attached hydrogen (secondary N) is 1. The van der Waals surface area contributed by atoms with E-state index >= 15 is 0 Å². The third-order valence-corrected chi connectivity index (χ3v) is 3.98. The summed E-state index contributed by atoms with van der Waals surface area (Å²) in [4.78, 5) is 22.5. The van der Waals surface area contributed by atoms with E-state index in [0.29, 0.717) is 37.8 Å². The number of amides is 1. The van der Waals surface area contributed by atoms with Gasteiger partial charge in [-0.2, -0.15) is 0 Å². The maximum atomic E-state index is 12.4. The van der Waals surface area contributed by atoms with E-state index in [-0.39, 0.29) is 5.91 Å². The fraction of sp³-hybridized carbons (Fsp3) is 0.389. The Morgan fingerprint density at radius 3 is 2.75 bits per heavy atom. The molecule has 0 saturated carbocycles. The standard InChI is InChI=1S/C18H22N4O2/c23-18(22-9-11-24-12-10-22)16-13-17(21-14-20-16)19-8-4-7-15-5-2-1-3-6-15/h1-3,5-6,13-14H,4,7-12H2,(H,19,20,21). The molecule has 1 saturated heterocycles. The quantitative estimate of drug-likeness (QED) is 0.822. The summed E-state index contributed by atoms with van der Waals surface area (Å²) in [6.07, 6.45) is 3.45. The van der Waals surface area contributed by atoms with Gasteiger partial charge in [0.2, 0.25) is 0 Å². The van der Waals surface area contributed by atoms with Gasteiger partial charge in [0, 0.05) is 25.7 Å². The van der Waals surface area contributed by atoms with E-state index in [2.05, 4.69) is 39.6 Å². The summed E-state index contributed by atoms with van der Waals surface area (Å²) >= 11 is 0. The molecule has 1 aliphatic heterocycles. The number of hydrogen-bond acceptors (Lipinski definition) is 5. The molecule has 2 heterocycles. The van der Waals surface area contributed by atoms with Gasteiger partial charge in [0.25, 0.3) is 5.91 Å². The van der Waals surface area contributed by atoms with Gasteiger partial charge in [0.1, 0.15) is 17.8 Å². The Labute approximate surface area is 141 Å². The maximum absolute atomic E-state index is 12.4. The van der Waals surface area contributed by atoms with Crippen LogP contribution in [0.1, 0.15) is 22.5 Å². The van der Waals surface area contributed by atoms with Crippen LogP contribution in [0, 0.1) is 0 Å². The molecule has 0 radical (unpaired) electrons. The van der Waals surface area contributed by atoms with E-state index < -0.39 is 0 Å². The van der Waals surface area contributed by atoms with Gasteiger partial charge >= 0.3 is 0 Å². The van der Waals surface area contributed by atoms with Crippen LogP contribution in [0.2, 0.25) is 0 Å². The number of aromatic nitrogens is 2. The average Bonchev–Trinajstić information content (AvgIpc) is 2.66. The molecule has 1 amide bonds. The molecule has 1 aliphatic rings. The third kappa shape index (κ3) is 4.52. The number of carbonyl (C=O) groups is 1. The molecule has 6 heteroatoms. The smallest absolute Gasteiger partial charge is 0.272 e. The lowest BCUT2D eigenvalue weighted by Gasteiger charge is -2.26. The van der Waals surface area contributed by atoms with Gasteiger partial charge in [-0.15, -0.1) is 0 Å². The van der Waals surface area contributed by atoms with Crippen LogP contribution in [0.25, 0.3) is 0 Å². The van der Waals surface area contributed by atoms with E-state index in [1.54, 1.807) is 11.0 Å². The van der Waals surface area contributed by atoms with Crippen molar-refractivity contribution in [1.29, 1.82) is 0 Å². The zero-order chi connectivity index (χ0) is 16.6. The molecule has 0 unspecified atom stereocenters. The zero-order valence-electron chi connectivity index (χ0n) is 13.6. The van der Waals surface area contributed by atoms with Gasteiger partial charge in [-0.05, 0) is 18.4 Å². The molecule has 0 atom stereocenters. The van der Waals surface area contributed by atoms with Crippen LogP contribution in [0.3, 0.4) is 0 Å². The van der Waals surface area contributed by atoms with Crippen molar-refractivity contribution in [1.82, 2.24) is 14.9 Å². The molecule has 1 aromatic carbocycles. The third-order valence-electron chi connectivity index (χ3n) is 3.98. The molecule has 6 nitrogen and oxygen atoms in total. The highest BCUT2D eigenvalue weighted by Gasteiger charge is 2.19. The number of anilines is 1. The minimum atomic E-state index is -0.0620.